The lowest BCUT2D eigenvalue weighted by Crippen LogP contribution is -2.32. The average Bonchev–Trinajstić information content (AvgIpc) is 2.98. The molecular weight excluding hydrogens is 332 g/mol. The molecule has 5 heteroatoms. The number of carbonyl (C=O) groups excluding carboxylic acids is 1. The van der Waals surface area contributed by atoms with Crippen LogP contribution >= 0.6 is 15.9 Å². The second-order valence-corrected chi connectivity index (χ2v) is 6.49. The van der Waals surface area contributed by atoms with E-state index in [9.17, 15) is 4.79 Å². The van der Waals surface area contributed by atoms with Gasteiger partial charge in [-0.25, -0.2) is 0 Å². The third-order valence-electron chi connectivity index (χ3n) is 3.55. The molecule has 1 N–H and O–H groups in total. The molecule has 0 bridgehead atoms. The van der Waals surface area contributed by atoms with Crippen molar-refractivity contribution in [2.24, 2.45) is 0 Å². The Labute approximate surface area is 135 Å². The van der Waals surface area contributed by atoms with E-state index in [1.807, 2.05) is 23.1 Å². The predicted octanol–water partition coefficient (Wildman–Crippen LogP) is 2.95. The van der Waals surface area contributed by atoms with Gasteiger partial charge >= 0.3 is 0 Å². The van der Waals surface area contributed by atoms with Gasteiger partial charge in [-0.3, -0.25) is 4.79 Å². The highest BCUT2D eigenvalue weighted by Gasteiger charge is 2.19. The van der Waals surface area contributed by atoms with E-state index in [4.69, 9.17) is 4.74 Å². The number of hydrogen-bond donors (Lipinski definition) is 1. The Hall–Kier alpha value is -1.07. The van der Waals surface area contributed by atoms with Crippen LogP contribution in [0.15, 0.2) is 22.7 Å². The highest BCUT2D eigenvalue weighted by atomic mass is 79.9. The van der Waals surface area contributed by atoms with Gasteiger partial charge in [0.05, 0.1) is 4.47 Å². The molecule has 0 saturated carbocycles. The number of nitrogens with one attached hydrogen (secondary N) is 1. The summed E-state index contributed by atoms with van der Waals surface area (Å²) >= 11 is 3.51. The number of hydrogen-bond acceptors (Lipinski definition) is 3. The molecule has 0 aromatic heterocycles. The number of para-hydroxylation sites is 1. The molecule has 116 valence electrons. The standard InChI is InChI=1S/C16H23BrN2O2/c1-12(2)18-10-13-6-5-7-14(17)16(13)21-11-15(20)19-8-3-4-9-19/h5-7,12,18H,3-4,8-11H2,1-2H3. The van der Waals surface area contributed by atoms with Crippen molar-refractivity contribution >= 4 is 21.8 Å². The topological polar surface area (TPSA) is 41.6 Å². The molecule has 1 aromatic rings. The van der Waals surface area contributed by atoms with Gasteiger partial charge in [0.15, 0.2) is 6.61 Å². The van der Waals surface area contributed by atoms with Crippen LogP contribution in [0, 0.1) is 0 Å². The highest BCUT2D eigenvalue weighted by Crippen LogP contribution is 2.29. The smallest absolute Gasteiger partial charge is 0.260 e. The zero-order valence-electron chi connectivity index (χ0n) is 12.7. The van der Waals surface area contributed by atoms with E-state index in [-0.39, 0.29) is 12.5 Å². The average molecular weight is 355 g/mol. The molecule has 1 aromatic carbocycles. The Morgan fingerprint density at radius 1 is 1.38 bits per heavy atom. The number of carbonyl (C=O) groups is 1. The van der Waals surface area contributed by atoms with Crippen LogP contribution in [-0.4, -0.2) is 36.5 Å². The highest BCUT2D eigenvalue weighted by molar-refractivity contribution is 9.10. The number of ether oxygens (including phenoxy) is 1. The first kappa shape index (κ1) is 16.3. The molecule has 1 heterocycles. The Morgan fingerprint density at radius 3 is 2.76 bits per heavy atom. The van der Waals surface area contributed by atoms with Crippen molar-refractivity contribution in [3.8, 4) is 5.75 Å². The molecule has 0 spiro atoms. The minimum Gasteiger partial charge on any atom is -0.482 e. The van der Waals surface area contributed by atoms with Crippen LogP contribution in [0.5, 0.6) is 5.75 Å². The first-order valence-corrected chi connectivity index (χ1v) is 8.28. The molecule has 1 aliphatic heterocycles. The van der Waals surface area contributed by atoms with Gasteiger partial charge in [-0.2, -0.15) is 0 Å². The summed E-state index contributed by atoms with van der Waals surface area (Å²) in [5.74, 6) is 0.837. The third kappa shape index (κ3) is 4.71. The molecule has 0 aliphatic carbocycles. The van der Waals surface area contributed by atoms with Crippen molar-refractivity contribution < 1.29 is 9.53 Å². The maximum atomic E-state index is 12.1. The lowest BCUT2D eigenvalue weighted by molar-refractivity contribution is -0.132. The van der Waals surface area contributed by atoms with E-state index in [1.54, 1.807) is 0 Å². The van der Waals surface area contributed by atoms with Gasteiger partial charge in [0.25, 0.3) is 5.91 Å². The number of likely N-dealkylation sites (tertiary alicyclic amines) is 1. The Bertz CT molecular complexity index is 485. The SMILES string of the molecule is CC(C)NCc1cccc(Br)c1OCC(=O)N1CCCC1. The maximum Gasteiger partial charge on any atom is 0.260 e. The third-order valence-corrected chi connectivity index (χ3v) is 4.17. The van der Waals surface area contributed by atoms with Crippen LogP contribution in [0.4, 0.5) is 0 Å². The molecule has 21 heavy (non-hydrogen) atoms. The monoisotopic (exact) mass is 354 g/mol. The zero-order chi connectivity index (χ0) is 15.2. The first-order valence-electron chi connectivity index (χ1n) is 7.49. The van der Waals surface area contributed by atoms with Crippen molar-refractivity contribution in [1.29, 1.82) is 0 Å². The summed E-state index contributed by atoms with van der Waals surface area (Å²) in [6, 6.07) is 6.35. The molecule has 2 rings (SSSR count). The van der Waals surface area contributed by atoms with E-state index >= 15 is 0 Å². The predicted molar refractivity (Wildman–Crippen MR) is 87.4 cm³/mol. The molecule has 0 atom stereocenters. The van der Waals surface area contributed by atoms with Crippen molar-refractivity contribution in [2.75, 3.05) is 19.7 Å². The van der Waals surface area contributed by atoms with Crippen molar-refractivity contribution in [1.82, 2.24) is 10.2 Å². The molecule has 0 radical (unpaired) electrons. The summed E-state index contributed by atoms with van der Waals surface area (Å²) in [4.78, 5) is 14.0. The second kappa shape index (κ2) is 7.80. The van der Waals surface area contributed by atoms with E-state index in [0.29, 0.717) is 6.04 Å². The summed E-state index contributed by atoms with van der Waals surface area (Å²) in [5, 5.41) is 3.38. The largest absolute Gasteiger partial charge is 0.482 e. The van der Waals surface area contributed by atoms with Crippen LogP contribution in [0.25, 0.3) is 0 Å². The van der Waals surface area contributed by atoms with Crippen LogP contribution in [0.3, 0.4) is 0 Å². The van der Waals surface area contributed by atoms with Gasteiger partial charge in [-0.1, -0.05) is 26.0 Å². The normalized spacial score (nSPS) is 14.8. The fourth-order valence-corrected chi connectivity index (χ4v) is 2.88. The Kier molecular flexibility index (Phi) is 6.06. The molecule has 1 amide bonds. The second-order valence-electron chi connectivity index (χ2n) is 5.64. The fourth-order valence-electron chi connectivity index (χ4n) is 2.36. The first-order chi connectivity index (χ1) is 10.1. The molecule has 1 aliphatic rings. The molecule has 1 fully saturated rings. The van der Waals surface area contributed by atoms with Gasteiger partial charge in [0.1, 0.15) is 5.75 Å². The van der Waals surface area contributed by atoms with Crippen LogP contribution in [-0.2, 0) is 11.3 Å². The lowest BCUT2D eigenvalue weighted by atomic mass is 10.2. The number of benzene rings is 1. The van der Waals surface area contributed by atoms with Gasteiger partial charge in [0, 0.05) is 31.2 Å². The summed E-state index contributed by atoms with van der Waals surface area (Å²) in [6.45, 7) is 6.77. The fraction of sp³-hybridized carbons (Fsp3) is 0.562. The lowest BCUT2D eigenvalue weighted by Gasteiger charge is -2.18. The summed E-state index contributed by atoms with van der Waals surface area (Å²) in [6.07, 6.45) is 2.20. The van der Waals surface area contributed by atoms with E-state index in [2.05, 4.69) is 35.1 Å². The van der Waals surface area contributed by atoms with Crippen molar-refractivity contribution in [2.45, 2.75) is 39.3 Å². The maximum absolute atomic E-state index is 12.1. The van der Waals surface area contributed by atoms with Gasteiger partial charge < -0.3 is 15.0 Å². The van der Waals surface area contributed by atoms with Crippen LogP contribution in [0.1, 0.15) is 32.3 Å². The zero-order valence-corrected chi connectivity index (χ0v) is 14.3. The van der Waals surface area contributed by atoms with E-state index < -0.39 is 0 Å². The minimum atomic E-state index is 0.0750. The summed E-state index contributed by atoms with van der Waals surface area (Å²) in [7, 11) is 0. The summed E-state index contributed by atoms with van der Waals surface area (Å²) < 4.78 is 6.69. The molecule has 0 unspecified atom stereocenters. The van der Waals surface area contributed by atoms with Crippen molar-refractivity contribution in [3.63, 3.8) is 0 Å². The van der Waals surface area contributed by atoms with Gasteiger partial charge in [0.2, 0.25) is 0 Å². The molecular formula is C16H23BrN2O2. The minimum absolute atomic E-state index is 0.0750. The van der Waals surface area contributed by atoms with E-state index in [1.165, 1.54) is 0 Å². The van der Waals surface area contributed by atoms with Gasteiger partial charge in [-0.15, -0.1) is 0 Å². The number of nitrogens with zero attached hydrogens (tertiary/aromatic N) is 1. The molecule has 1 saturated heterocycles. The Morgan fingerprint density at radius 2 is 2.10 bits per heavy atom. The van der Waals surface area contributed by atoms with Gasteiger partial charge in [-0.05, 0) is 34.8 Å². The number of rotatable bonds is 6. The van der Waals surface area contributed by atoms with E-state index in [0.717, 1.165) is 48.3 Å². The Balaban J connectivity index is 1.99. The quantitative estimate of drug-likeness (QED) is 0.853. The number of amides is 1. The molecule has 4 nitrogen and oxygen atoms in total. The van der Waals surface area contributed by atoms with Crippen molar-refractivity contribution in [3.05, 3.63) is 28.2 Å². The van der Waals surface area contributed by atoms with Crippen LogP contribution < -0.4 is 10.1 Å². The summed E-state index contributed by atoms with van der Waals surface area (Å²) in [5.41, 5.74) is 1.06. The number of halogens is 1. The van der Waals surface area contributed by atoms with Crippen LogP contribution in [0.2, 0.25) is 0 Å².